The number of amides is 3. The summed E-state index contributed by atoms with van der Waals surface area (Å²) in [5, 5.41) is 10.4. The Labute approximate surface area is 117 Å². The predicted molar refractivity (Wildman–Crippen MR) is 70.5 cm³/mol. The zero-order valence-electron chi connectivity index (χ0n) is 11.8. The summed E-state index contributed by atoms with van der Waals surface area (Å²) in [6.07, 6.45) is 1.57. The zero-order valence-corrected chi connectivity index (χ0v) is 11.8. The van der Waals surface area contributed by atoms with Crippen molar-refractivity contribution in [3.05, 3.63) is 11.4 Å². The van der Waals surface area contributed by atoms with Gasteiger partial charge in [-0.1, -0.05) is 6.92 Å². The van der Waals surface area contributed by atoms with Crippen molar-refractivity contribution in [2.75, 3.05) is 13.1 Å². The topological polar surface area (TPSA) is 82.2 Å². The minimum atomic E-state index is -0.192. The number of H-pyrrole nitrogens is 1. The van der Waals surface area contributed by atoms with E-state index in [0.29, 0.717) is 30.5 Å². The predicted octanol–water partition coefficient (Wildman–Crippen LogP) is 0.923. The Morgan fingerprint density at radius 3 is 2.70 bits per heavy atom. The van der Waals surface area contributed by atoms with Crippen LogP contribution >= 0.6 is 0 Å². The molecule has 0 spiro atoms. The maximum Gasteiger partial charge on any atom is 0.327 e. The number of aromatic nitrogens is 3. The van der Waals surface area contributed by atoms with E-state index in [1.54, 1.807) is 11.8 Å². The number of nitrogens with one attached hydrogen (secondary N) is 1. The fraction of sp³-hybridized carbons (Fsp3) is 0.692. The summed E-state index contributed by atoms with van der Waals surface area (Å²) in [6, 6.07) is -0.192. The van der Waals surface area contributed by atoms with E-state index in [-0.39, 0.29) is 18.5 Å². The first kappa shape index (κ1) is 13.1. The molecule has 1 N–H and O–H groups in total. The Balaban J connectivity index is 1.69. The molecule has 2 atom stereocenters. The van der Waals surface area contributed by atoms with Crippen molar-refractivity contribution >= 4 is 11.9 Å². The van der Waals surface area contributed by atoms with Gasteiger partial charge in [0.2, 0.25) is 5.91 Å². The van der Waals surface area contributed by atoms with Crippen LogP contribution in [-0.4, -0.2) is 50.2 Å². The summed E-state index contributed by atoms with van der Waals surface area (Å²) >= 11 is 0. The summed E-state index contributed by atoms with van der Waals surface area (Å²) in [7, 11) is 0. The Kier molecular flexibility index (Phi) is 3.19. The van der Waals surface area contributed by atoms with Crippen LogP contribution in [0.25, 0.3) is 0 Å². The van der Waals surface area contributed by atoms with Crippen LogP contribution in [0.2, 0.25) is 0 Å². The van der Waals surface area contributed by atoms with Crippen LogP contribution in [-0.2, 0) is 11.3 Å². The molecule has 1 aliphatic carbocycles. The Bertz CT molecular complexity index is 541. The van der Waals surface area contributed by atoms with Crippen LogP contribution < -0.4 is 0 Å². The van der Waals surface area contributed by atoms with Crippen LogP contribution in [0.3, 0.4) is 0 Å². The third-order valence-corrected chi connectivity index (χ3v) is 4.26. The average Bonchev–Trinajstić information content (AvgIpc) is 2.95. The lowest BCUT2D eigenvalue weighted by Gasteiger charge is -2.34. The van der Waals surface area contributed by atoms with Crippen LogP contribution in [0.15, 0.2) is 0 Å². The molecule has 0 aromatic carbocycles. The average molecular weight is 277 g/mol. The van der Waals surface area contributed by atoms with Crippen molar-refractivity contribution in [3.8, 4) is 0 Å². The molecule has 1 aromatic heterocycles. The second kappa shape index (κ2) is 4.88. The van der Waals surface area contributed by atoms with E-state index in [1.807, 2.05) is 0 Å². The van der Waals surface area contributed by atoms with Gasteiger partial charge in [-0.2, -0.15) is 15.4 Å². The van der Waals surface area contributed by atoms with Crippen LogP contribution in [0.1, 0.15) is 31.2 Å². The van der Waals surface area contributed by atoms with E-state index in [0.717, 1.165) is 12.2 Å². The molecular weight excluding hydrogens is 258 g/mol. The second-order valence-electron chi connectivity index (χ2n) is 5.79. The lowest BCUT2D eigenvalue weighted by molar-refractivity contribution is -0.131. The molecule has 7 nitrogen and oxygen atoms in total. The summed E-state index contributed by atoms with van der Waals surface area (Å²) < 4.78 is 0. The third-order valence-electron chi connectivity index (χ3n) is 4.26. The molecule has 1 saturated carbocycles. The minimum absolute atomic E-state index is 0.127. The van der Waals surface area contributed by atoms with Crippen LogP contribution in [0.4, 0.5) is 4.79 Å². The van der Waals surface area contributed by atoms with Crippen molar-refractivity contribution in [2.45, 2.75) is 33.2 Å². The second-order valence-corrected chi connectivity index (χ2v) is 5.79. The number of aryl methyl sites for hydroxylation is 1. The van der Waals surface area contributed by atoms with E-state index in [2.05, 4.69) is 22.3 Å². The van der Waals surface area contributed by atoms with Gasteiger partial charge in [0, 0.05) is 19.5 Å². The number of aromatic amines is 1. The van der Waals surface area contributed by atoms with Gasteiger partial charge in [0.15, 0.2) is 0 Å². The first-order chi connectivity index (χ1) is 9.56. The fourth-order valence-electron chi connectivity index (χ4n) is 2.61. The molecule has 3 amide bonds. The molecule has 3 rings (SSSR count). The lowest BCUT2D eigenvalue weighted by atomic mass is 10.2. The minimum Gasteiger partial charge on any atom is -0.323 e. The van der Waals surface area contributed by atoms with Gasteiger partial charge >= 0.3 is 6.03 Å². The van der Waals surface area contributed by atoms with Crippen molar-refractivity contribution in [3.63, 3.8) is 0 Å². The fourth-order valence-corrected chi connectivity index (χ4v) is 2.61. The highest BCUT2D eigenvalue weighted by Crippen LogP contribution is 2.38. The summed E-state index contributed by atoms with van der Waals surface area (Å²) in [5.74, 6) is 1.17. The van der Waals surface area contributed by atoms with E-state index < -0.39 is 0 Å². The molecule has 108 valence electrons. The molecule has 1 saturated heterocycles. The number of imide groups is 1. The standard InChI is InChI=1S/C13H19N5O2/c1-8-5-10(8)6-17-4-3-12(19)18(13(17)20)7-11-9(2)14-16-15-11/h8,10H,3-7H2,1-2H3,(H,14,15,16)/t8-,10+/m1/s1. The third kappa shape index (κ3) is 2.39. The molecule has 0 unspecified atom stereocenters. The number of urea groups is 1. The maximum absolute atomic E-state index is 12.4. The van der Waals surface area contributed by atoms with Crippen molar-refractivity contribution in [1.29, 1.82) is 0 Å². The molecule has 1 aliphatic heterocycles. The van der Waals surface area contributed by atoms with Crippen molar-refractivity contribution in [2.24, 2.45) is 11.8 Å². The molecule has 0 bridgehead atoms. The van der Waals surface area contributed by atoms with E-state index in [1.165, 1.54) is 11.3 Å². The highest BCUT2D eigenvalue weighted by atomic mass is 16.2. The number of carbonyl (C=O) groups excluding carboxylic acids is 2. The Morgan fingerprint density at radius 2 is 2.10 bits per heavy atom. The number of carbonyl (C=O) groups is 2. The van der Waals surface area contributed by atoms with Gasteiger partial charge in [-0.3, -0.25) is 9.69 Å². The summed E-state index contributed by atoms with van der Waals surface area (Å²) in [5.41, 5.74) is 1.37. The van der Waals surface area contributed by atoms with Gasteiger partial charge in [0.05, 0.1) is 12.2 Å². The van der Waals surface area contributed by atoms with E-state index >= 15 is 0 Å². The molecule has 2 heterocycles. The molecule has 0 radical (unpaired) electrons. The molecular formula is C13H19N5O2. The van der Waals surface area contributed by atoms with Crippen LogP contribution in [0.5, 0.6) is 0 Å². The van der Waals surface area contributed by atoms with Gasteiger partial charge in [0.1, 0.15) is 5.69 Å². The van der Waals surface area contributed by atoms with Gasteiger partial charge in [-0.05, 0) is 25.2 Å². The Hall–Kier alpha value is -1.92. The number of hydrogen-bond acceptors (Lipinski definition) is 4. The monoisotopic (exact) mass is 277 g/mol. The number of nitrogens with zero attached hydrogens (tertiary/aromatic N) is 4. The Morgan fingerprint density at radius 1 is 1.35 bits per heavy atom. The van der Waals surface area contributed by atoms with Crippen LogP contribution in [0, 0.1) is 18.8 Å². The molecule has 2 fully saturated rings. The largest absolute Gasteiger partial charge is 0.327 e. The molecule has 2 aliphatic rings. The SMILES string of the molecule is Cc1n[nH]nc1CN1C(=O)CCN(C[C@@H]2C[C@H]2C)C1=O. The smallest absolute Gasteiger partial charge is 0.323 e. The number of hydrogen-bond donors (Lipinski definition) is 1. The van der Waals surface area contributed by atoms with Gasteiger partial charge < -0.3 is 4.90 Å². The van der Waals surface area contributed by atoms with Crippen molar-refractivity contribution < 1.29 is 9.59 Å². The maximum atomic E-state index is 12.4. The van der Waals surface area contributed by atoms with Gasteiger partial charge in [0.25, 0.3) is 0 Å². The summed E-state index contributed by atoms with van der Waals surface area (Å²) in [6.45, 7) is 5.51. The normalized spacial score (nSPS) is 26.3. The lowest BCUT2D eigenvalue weighted by Crippen LogP contribution is -2.52. The highest BCUT2D eigenvalue weighted by Gasteiger charge is 2.39. The zero-order chi connectivity index (χ0) is 14.3. The highest BCUT2D eigenvalue weighted by molar-refractivity contribution is 5.96. The molecule has 20 heavy (non-hydrogen) atoms. The van der Waals surface area contributed by atoms with Gasteiger partial charge in [-0.15, -0.1) is 0 Å². The number of rotatable bonds is 4. The molecule has 7 heteroatoms. The molecule has 1 aromatic rings. The quantitative estimate of drug-likeness (QED) is 0.887. The first-order valence-corrected chi connectivity index (χ1v) is 7.01. The van der Waals surface area contributed by atoms with E-state index in [4.69, 9.17) is 0 Å². The van der Waals surface area contributed by atoms with Crippen molar-refractivity contribution in [1.82, 2.24) is 25.2 Å². The summed E-state index contributed by atoms with van der Waals surface area (Å²) in [4.78, 5) is 27.5. The van der Waals surface area contributed by atoms with Gasteiger partial charge in [-0.25, -0.2) is 4.79 Å². The van der Waals surface area contributed by atoms with E-state index in [9.17, 15) is 9.59 Å². The first-order valence-electron chi connectivity index (χ1n) is 7.01.